The van der Waals surface area contributed by atoms with Crippen molar-refractivity contribution in [2.75, 3.05) is 11.9 Å². The Balaban J connectivity index is 0.00000162. The van der Waals surface area contributed by atoms with Crippen LogP contribution in [-0.2, 0) is 11.2 Å². The van der Waals surface area contributed by atoms with Crippen molar-refractivity contribution in [3.8, 4) is 0 Å². The Morgan fingerprint density at radius 1 is 1.50 bits per heavy atom. The van der Waals surface area contributed by atoms with E-state index in [4.69, 9.17) is 10.2 Å². The summed E-state index contributed by atoms with van der Waals surface area (Å²) in [5.74, 6) is 0.608. The second kappa shape index (κ2) is 6.37. The van der Waals surface area contributed by atoms with Gasteiger partial charge < -0.3 is 15.5 Å². The molecule has 1 amide bonds. The molecule has 3 N–H and O–H groups in total. The van der Waals surface area contributed by atoms with Crippen LogP contribution in [0.4, 0.5) is 5.69 Å². The Morgan fingerprint density at radius 3 is 2.94 bits per heavy atom. The summed E-state index contributed by atoms with van der Waals surface area (Å²) in [6.45, 7) is 2.33. The van der Waals surface area contributed by atoms with E-state index >= 15 is 0 Å². The van der Waals surface area contributed by atoms with Crippen molar-refractivity contribution in [2.45, 2.75) is 19.8 Å². The molecule has 0 atom stereocenters. The van der Waals surface area contributed by atoms with E-state index in [1.807, 2.05) is 6.92 Å². The lowest BCUT2D eigenvalue weighted by molar-refractivity contribution is -0.116. The van der Waals surface area contributed by atoms with E-state index in [-0.39, 0.29) is 18.3 Å². The molecule has 0 aliphatic heterocycles. The van der Waals surface area contributed by atoms with Gasteiger partial charge in [-0.3, -0.25) is 4.79 Å². The fourth-order valence-electron chi connectivity index (χ4n) is 1.56. The van der Waals surface area contributed by atoms with Gasteiger partial charge in [-0.05, 0) is 18.2 Å². The van der Waals surface area contributed by atoms with E-state index in [1.165, 1.54) is 0 Å². The van der Waals surface area contributed by atoms with E-state index in [2.05, 4.69) is 10.3 Å². The van der Waals surface area contributed by atoms with Crippen LogP contribution in [0, 0.1) is 0 Å². The van der Waals surface area contributed by atoms with Crippen molar-refractivity contribution >= 4 is 35.1 Å². The summed E-state index contributed by atoms with van der Waals surface area (Å²) in [5.41, 5.74) is 7.51. The number of carbonyl (C=O) groups is 1. The molecule has 1 heterocycles. The minimum atomic E-state index is -0.0916. The molecule has 98 valence electrons. The number of rotatable bonds is 4. The molecular weight excluding hydrogens is 254 g/mol. The van der Waals surface area contributed by atoms with Crippen LogP contribution in [0.25, 0.3) is 11.1 Å². The molecular formula is C12H16ClN3O2. The van der Waals surface area contributed by atoms with Crippen molar-refractivity contribution in [2.24, 2.45) is 5.73 Å². The number of aryl methyl sites for hydroxylation is 1. The Hall–Kier alpha value is -1.59. The standard InChI is InChI=1S/C12H15N3O2.ClH/c1-2-12-15-9-7-8(3-4-10(9)17-12)14-11(16)5-6-13;/h3-4,7H,2,5-6,13H2,1H3,(H,14,16);1H. The number of aromatic nitrogens is 1. The Labute approximate surface area is 111 Å². The molecule has 1 aromatic carbocycles. The minimum absolute atomic E-state index is 0. The van der Waals surface area contributed by atoms with Crippen LogP contribution in [0.5, 0.6) is 0 Å². The molecule has 0 bridgehead atoms. The van der Waals surface area contributed by atoms with Gasteiger partial charge in [-0.2, -0.15) is 0 Å². The fraction of sp³-hybridized carbons (Fsp3) is 0.333. The van der Waals surface area contributed by atoms with Crippen LogP contribution in [0.2, 0.25) is 0 Å². The Kier molecular flexibility index (Phi) is 5.12. The fourth-order valence-corrected chi connectivity index (χ4v) is 1.56. The summed E-state index contributed by atoms with van der Waals surface area (Å²) >= 11 is 0. The van der Waals surface area contributed by atoms with Crippen molar-refractivity contribution in [3.05, 3.63) is 24.1 Å². The van der Waals surface area contributed by atoms with Gasteiger partial charge in [-0.25, -0.2) is 4.98 Å². The summed E-state index contributed by atoms with van der Waals surface area (Å²) in [6, 6.07) is 5.40. The molecule has 1 aromatic heterocycles. The number of nitrogens with one attached hydrogen (secondary N) is 1. The average Bonchev–Trinajstić information content (AvgIpc) is 2.71. The maximum atomic E-state index is 11.4. The van der Waals surface area contributed by atoms with Crippen LogP contribution in [0.1, 0.15) is 19.2 Å². The van der Waals surface area contributed by atoms with Crippen molar-refractivity contribution in [1.82, 2.24) is 4.98 Å². The lowest BCUT2D eigenvalue weighted by atomic mass is 10.2. The largest absolute Gasteiger partial charge is 0.441 e. The molecule has 0 spiro atoms. The number of halogens is 1. The SMILES string of the molecule is CCc1nc2cc(NC(=O)CCN)ccc2o1.Cl. The first-order chi connectivity index (χ1) is 8.22. The lowest BCUT2D eigenvalue weighted by Crippen LogP contribution is -2.16. The molecule has 0 radical (unpaired) electrons. The number of benzene rings is 1. The number of nitrogens with zero attached hydrogens (tertiary/aromatic N) is 1. The second-order valence-electron chi connectivity index (χ2n) is 3.73. The van der Waals surface area contributed by atoms with Gasteiger partial charge in [0.1, 0.15) is 5.52 Å². The van der Waals surface area contributed by atoms with Gasteiger partial charge in [0, 0.05) is 25.1 Å². The van der Waals surface area contributed by atoms with Gasteiger partial charge in [-0.15, -0.1) is 12.4 Å². The molecule has 0 aliphatic carbocycles. The molecule has 2 rings (SSSR count). The topological polar surface area (TPSA) is 81.2 Å². The number of nitrogens with two attached hydrogens (primary N) is 1. The number of anilines is 1. The van der Waals surface area contributed by atoms with E-state index < -0.39 is 0 Å². The van der Waals surface area contributed by atoms with Gasteiger partial charge in [0.2, 0.25) is 5.91 Å². The predicted molar refractivity (Wildman–Crippen MR) is 72.9 cm³/mol. The Morgan fingerprint density at radius 2 is 2.28 bits per heavy atom. The first kappa shape index (κ1) is 14.5. The minimum Gasteiger partial charge on any atom is -0.441 e. The molecule has 0 saturated heterocycles. The third-order valence-electron chi connectivity index (χ3n) is 2.39. The maximum Gasteiger partial charge on any atom is 0.225 e. The number of amides is 1. The molecule has 5 nitrogen and oxygen atoms in total. The first-order valence-corrected chi connectivity index (χ1v) is 5.62. The van der Waals surface area contributed by atoms with Crippen LogP contribution < -0.4 is 11.1 Å². The third kappa shape index (κ3) is 3.21. The van der Waals surface area contributed by atoms with Crippen LogP contribution >= 0.6 is 12.4 Å². The van der Waals surface area contributed by atoms with Gasteiger partial charge >= 0.3 is 0 Å². The summed E-state index contributed by atoms with van der Waals surface area (Å²) in [5, 5.41) is 2.76. The normalized spacial score (nSPS) is 10.1. The molecule has 0 saturated carbocycles. The van der Waals surface area contributed by atoms with E-state index in [0.717, 1.165) is 17.5 Å². The van der Waals surface area contributed by atoms with Crippen molar-refractivity contribution < 1.29 is 9.21 Å². The first-order valence-electron chi connectivity index (χ1n) is 5.62. The van der Waals surface area contributed by atoms with E-state index in [1.54, 1.807) is 18.2 Å². The number of oxazole rings is 1. The second-order valence-corrected chi connectivity index (χ2v) is 3.73. The maximum absolute atomic E-state index is 11.4. The highest BCUT2D eigenvalue weighted by atomic mass is 35.5. The average molecular weight is 270 g/mol. The predicted octanol–water partition coefficient (Wildman–Crippen LogP) is 2.10. The van der Waals surface area contributed by atoms with E-state index in [9.17, 15) is 4.79 Å². The third-order valence-corrected chi connectivity index (χ3v) is 2.39. The quantitative estimate of drug-likeness (QED) is 0.891. The zero-order valence-corrected chi connectivity index (χ0v) is 10.9. The van der Waals surface area contributed by atoms with Crippen LogP contribution in [-0.4, -0.2) is 17.4 Å². The summed E-state index contributed by atoms with van der Waals surface area (Å²) < 4.78 is 5.48. The summed E-state index contributed by atoms with van der Waals surface area (Å²) in [4.78, 5) is 15.7. The number of fused-ring (bicyclic) bond motifs is 1. The van der Waals surface area contributed by atoms with Gasteiger partial charge in [0.15, 0.2) is 11.5 Å². The van der Waals surface area contributed by atoms with Crippen LogP contribution in [0.3, 0.4) is 0 Å². The monoisotopic (exact) mass is 269 g/mol. The smallest absolute Gasteiger partial charge is 0.225 e. The lowest BCUT2D eigenvalue weighted by Gasteiger charge is -2.02. The number of hydrogen-bond donors (Lipinski definition) is 2. The zero-order valence-electron chi connectivity index (χ0n) is 10.1. The number of carbonyl (C=O) groups excluding carboxylic acids is 1. The molecule has 0 fully saturated rings. The van der Waals surface area contributed by atoms with Gasteiger partial charge in [-0.1, -0.05) is 6.92 Å². The van der Waals surface area contributed by atoms with Gasteiger partial charge in [0.25, 0.3) is 0 Å². The molecule has 18 heavy (non-hydrogen) atoms. The van der Waals surface area contributed by atoms with E-state index in [0.29, 0.717) is 24.5 Å². The summed E-state index contributed by atoms with van der Waals surface area (Å²) in [7, 11) is 0. The molecule has 0 unspecified atom stereocenters. The van der Waals surface area contributed by atoms with Crippen molar-refractivity contribution in [3.63, 3.8) is 0 Å². The van der Waals surface area contributed by atoms with Crippen LogP contribution in [0.15, 0.2) is 22.6 Å². The highest BCUT2D eigenvalue weighted by molar-refractivity contribution is 5.92. The molecule has 2 aromatic rings. The van der Waals surface area contributed by atoms with Crippen molar-refractivity contribution in [1.29, 1.82) is 0 Å². The molecule has 6 heteroatoms. The van der Waals surface area contributed by atoms with Gasteiger partial charge in [0.05, 0.1) is 0 Å². The highest BCUT2D eigenvalue weighted by Gasteiger charge is 2.06. The zero-order chi connectivity index (χ0) is 12.3. The Bertz CT molecular complexity index is 539. The summed E-state index contributed by atoms with van der Waals surface area (Å²) in [6.07, 6.45) is 1.07. The molecule has 0 aliphatic rings. The number of hydrogen-bond acceptors (Lipinski definition) is 4. The highest BCUT2D eigenvalue weighted by Crippen LogP contribution is 2.20.